The molecular weight excluding hydrogens is 1780 g/mol. The van der Waals surface area contributed by atoms with Gasteiger partial charge in [-0.15, -0.1) is 37.2 Å². The first-order chi connectivity index (χ1) is 53.9. The fourth-order valence-electron chi connectivity index (χ4n) is 8.87. The van der Waals surface area contributed by atoms with E-state index >= 15 is 0 Å². The van der Waals surface area contributed by atoms with Crippen LogP contribution in [-0.4, -0.2) is 198 Å². The molecule has 11 N–H and O–H groups in total. The van der Waals surface area contributed by atoms with Crippen molar-refractivity contribution in [2.45, 2.75) is 55.4 Å². The van der Waals surface area contributed by atoms with Gasteiger partial charge in [0.2, 0.25) is 53.5 Å². The summed E-state index contributed by atoms with van der Waals surface area (Å²) >= 11 is 10.7. The van der Waals surface area contributed by atoms with Gasteiger partial charge in [0.1, 0.15) is 17.5 Å². The maximum absolute atomic E-state index is 13.8. The molecule has 0 bridgehead atoms. The number of carboxylic acids is 5. The minimum atomic E-state index is -0.833. The molecule has 0 saturated carbocycles. The third-order valence-electron chi connectivity index (χ3n) is 13.7. The summed E-state index contributed by atoms with van der Waals surface area (Å²) in [6, 6.07) is 37.0. The Hall–Kier alpha value is -11.1. The Morgan fingerprint density at radius 2 is 0.569 bits per heavy atom. The standard InChI is InChI=1S/3C21H21BrFN7O.5C2H4O2.3ClH/c3*1-14-6-7-18(16(22)12-14)25-19-26-20(28-21(27-19)30-8-10-31-11-9-30)29-24-13-15-4-2-3-5-17(15)23;5*1-2(3)4;;;/h3*2-7,12-13H,8-11H2,1H3,(H2,25,26,27,28,29);5*1H3,(H,3,4);3*1H/b3*24-13+;;;;;;;;. The van der Waals surface area contributed by atoms with Crippen LogP contribution < -0.4 is 46.9 Å². The van der Waals surface area contributed by atoms with Crippen molar-refractivity contribution in [2.24, 2.45) is 15.3 Å². The first kappa shape index (κ1) is 101. The van der Waals surface area contributed by atoms with Crippen molar-refractivity contribution in [2.75, 3.05) is 126 Å². The zero-order valence-corrected chi connectivity index (χ0v) is 70.8. The summed E-state index contributed by atoms with van der Waals surface area (Å²) in [5.41, 5.74) is 15.3. The van der Waals surface area contributed by atoms with Crippen molar-refractivity contribution in [1.82, 2.24) is 44.9 Å². The lowest BCUT2D eigenvalue weighted by molar-refractivity contribution is -0.135. The lowest BCUT2D eigenvalue weighted by atomic mass is 10.2. The van der Waals surface area contributed by atoms with E-state index in [9.17, 15) is 13.2 Å². The van der Waals surface area contributed by atoms with Crippen LogP contribution >= 0.6 is 85.0 Å². The van der Waals surface area contributed by atoms with E-state index in [4.69, 9.17) is 63.7 Å². The zero-order chi connectivity index (χ0) is 82.8. The topological polar surface area (TPSA) is 449 Å². The number of nitrogens with zero attached hydrogens (tertiary/aromatic N) is 15. The molecule has 12 rings (SSSR count). The molecule has 6 aromatic carbocycles. The van der Waals surface area contributed by atoms with Gasteiger partial charge in [0.15, 0.2) is 0 Å². The molecule has 6 heterocycles. The third-order valence-corrected chi connectivity index (χ3v) is 15.7. The number of benzene rings is 6. The van der Waals surface area contributed by atoms with Crippen LogP contribution in [0.1, 0.15) is 68.0 Å². The van der Waals surface area contributed by atoms with Crippen molar-refractivity contribution in [1.29, 1.82) is 0 Å². The van der Waals surface area contributed by atoms with E-state index in [1.807, 2.05) is 90.1 Å². The number of hydrazone groups is 3. The van der Waals surface area contributed by atoms with E-state index in [0.29, 0.717) is 131 Å². The Bertz CT molecular complexity index is 4200. The minimum Gasteiger partial charge on any atom is -0.481 e. The maximum atomic E-state index is 13.8. The molecule has 34 nitrogen and oxygen atoms in total. The van der Waals surface area contributed by atoms with Crippen molar-refractivity contribution in [3.05, 3.63) is 192 Å². The lowest BCUT2D eigenvalue weighted by Gasteiger charge is -2.27. The second-order valence-electron chi connectivity index (χ2n) is 23.2. The van der Waals surface area contributed by atoms with Crippen LogP contribution in [0.2, 0.25) is 0 Å². The van der Waals surface area contributed by atoms with Gasteiger partial charge in [-0.1, -0.05) is 72.8 Å². The van der Waals surface area contributed by atoms with Gasteiger partial charge in [-0.2, -0.15) is 60.2 Å². The number of rotatable bonds is 18. The van der Waals surface area contributed by atoms with E-state index in [1.54, 1.807) is 54.6 Å². The normalized spacial score (nSPS) is 12.4. The summed E-state index contributed by atoms with van der Waals surface area (Å²) in [5.74, 6) is -1.89. The third kappa shape index (κ3) is 40.3. The van der Waals surface area contributed by atoms with Gasteiger partial charge in [0.25, 0.3) is 29.8 Å². The number of nitrogens with one attached hydrogen (secondary N) is 6. The molecule has 0 atom stereocenters. The number of carboxylic acid groups (broad SMARTS) is 5. The molecule has 3 aliphatic heterocycles. The SMILES string of the molecule is CC(=O)O.CC(=O)O.CC(=O)O.CC(=O)O.CC(=O)O.Cc1ccc(Nc2nc(N/N=C/c3ccccc3F)nc(N3CCOCC3)n2)c(Br)c1.Cc1ccc(Nc2nc(N/N=C/c3ccccc3F)nc(N3CCOCC3)n2)c(Br)c1.Cc1ccc(Nc2nc(N/N=C/c3ccccc3F)nc(N3CCOCC3)n2)c(Br)c1.Cl.Cl.Cl. The molecule has 3 aromatic heterocycles. The van der Waals surface area contributed by atoms with E-state index in [2.05, 4.69) is 140 Å². The van der Waals surface area contributed by atoms with Gasteiger partial charge in [0, 0.05) is 104 Å². The fraction of sp³-hybridized carbons (Fsp3) is 0.274. The maximum Gasteiger partial charge on any atom is 0.300 e. The predicted molar refractivity (Wildman–Crippen MR) is 456 cm³/mol. The second-order valence-corrected chi connectivity index (χ2v) is 25.8. The van der Waals surface area contributed by atoms with Crippen LogP contribution in [0.3, 0.4) is 0 Å². The first-order valence-electron chi connectivity index (χ1n) is 33.9. The molecule has 3 fully saturated rings. The molecule has 3 saturated heterocycles. The second kappa shape index (κ2) is 54.6. The quantitative estimate of drug-likeness (QED) is 0.0281. The fourth-order valence-corrected chi connectivity index (χ4v) is 10.6. The number of anilines is 12. The van der Waals surface area contributed by atoms with Gasteiger partial charge in [-0.05, 0) is 140 Å². The zero-order valence-electron chi connectivity index (χ0n) is 63.5. The Kier molecular flexibility index (Phi) is 47.5. The highest BCUT2D eigenvalue weighted by Gasteiger charge is 2.21. The summed E-state index contributed by atoms with van der Waals surface area (Å²) in [6.07, 6.45) is 4.16. The number of aryl methyl sites for hydroxylation is 3. The molecule has 624 valence electrons. The van der Waals surface area contributed by atoms with Crippen LogP contribution in [0.4, 0.5) is 83.8 Å². The smallest absolute Gasteiger partial charge is 0.300 e. The molecule has 0 spiro atoms. The molecule has 9 aromatic rings. The van der Waals surface area contributed by atoms with E-state index < -0.39 is 29.8 Å². The number of carbonyl (C=O) groups is 5. The molecule has 116 heavy (non-hydrogen) atoms. The average Bonchev–Trinajstić information content (AvgIpc) is 0.831. The molecular formula is C73H86Br3Cl3F3N21O13. The van der Waals surface area contributed by atoms with E-state index in [1.165, 1.54) is 36.8 Å². The highest BCUT2D eigenvalue weighted by Crippen LogP contribution is 2.30. The summed E-state index contributed by atoms with van der Waals surface area (Å²) in [6.45, 7) is 19.1. The predicted octanol–water partition coefficient (Wildman–Crippen LogP) is 14.0. The molecule has 0 unspecified atom stereocenters. The largest absolute Gasteiger partial charge is 0.481 e. The molecule has 43 heteroatoms. The number of aliphatic carboxylic acids is 5. The monoisotopic (exact) mass is 1860 g/mol. The number of halogens is 9. The Labute approximate surface area is 709 Å². The van der Waals surface area contributed by atoms with Crippen molar-refractivity contribution in [3.8, 4) is 0 Å². The number of ether oxygens (including phenoxy) is 3. The molecule has 0 aliphatic carbocycles. The lowest BCUT2D eigenvalue weighted by Crippen LogP contribution is -2.37. The summed E-state index contributed by atoms with van der Waals surface area (Å²) in [7, 11) is 0. The van der Waals surface area contributed by atoms with Gasteiger partial charge in [0.05, 0.1) is 75.3 Å². The van der Waals surface area contributed by atoms with Gasteiger partial charge in [-0.3, -0.25) is 24.0 Å². The average molecular weight is 1870 g/mol. The van der Waals surface area contributed by atoms with Gasteiger partial charge < -0.3 is 70.4 Å². The number of hydrogen-bond acceptors (Lipinski definition) is 29. The molecule has 3 aliphatic rings. The highest BCUT2D eigenvalue weighted by molar-refractivity contribution is 9.11. The minimum absolute atomic E-state index is 0. The van der Waals surface area contributed by atoms with Crippen LogP contribution in [0.5, 0.6) is 0 Å². The van der Waals surface area contributed by atoms with Crippen LogP contribution in [0.15, 0.2) is 156 Å². The first-order valence-corrected chi connectivity index (χ1v) is 36.2. The van der Waals surface area contributed by atoms with Crippen LogP contribution in [-0.2, 0) is 38.2 Å². The summed E-state index contributed by atoms with van der Waals surface area (Å²) < 4.78 is 60.4. The molecule has 0 amide bonds. The van der Waals surface area contributed by atoms with Crippen LogP contribution in [0, 0.1) is 38.2 Å². The van der Waals surface area contributed by atoms with Crippen LogP contribution in [0.25, 0.3) is 0 Å². The van der Waals surface area contributed by atoms with Gasteiger partial charge in [-0.25, -0.2) is 29.4 Å². The Balaban J connectivity index is 0.000000520. The van der Waals surface area contributed by atoms with Crippen molar-refractivity contribution in [3.63, 3.8) is 0 Å². The van der Waals surface area contributed by atoms with E-state index in [0.717, 1.165) is 81.8 Å². The molecule has 0 radical (unpaired) electrons. The number of morpholine rings is 3. The van der Waals surface area contributed by atoms with Crippen molar-refractivity contribution >= 4 is 204 Å². The highest BCUT2D eigenvalue weighted by atomic mass is 79.9. The van der Waals surface area contributed by atoms with E-state index in [-0.39, 0.29) is 72.5 Å². The van der Waals surface area contributed by atoms with Crippen molar-refractivity contribution < 1.29 is 76.9 Å². The Morgan fingerprint density at radius 1 is 0.362 bits per heavy atom. The number of hydrogen-bond donors (Lipinski definition) is 11. The summed E-state index contributed by atoms with van der Waals surface area (Å²) in [5, 5.41) is 59.0. The number of aromatic nitrogens is 9. The van der Waals surface area contributed by atoms with Gasteiger partial charge >= 0.3 is 0 Å². The summed E-state index contributed by atoms with van der Waals surface area (Å²) in [4.78, 5) is 91.4. The Morgan fingerprint density at radius 3 is 0.776 bits per heavy atom.